The van der Waals surface area contributed by atoms with Gasteiger partial charge < -0.3 is 4.74 Å². The van der Waals surface area contributed by atoms with Crippen LogP contribution in [0.25, 0.3) is 0 Å². The second kappa shape index (κ2) is 6.99. The first kappa shape index (κ1) is 17.1. The Bertz CT molecular complexity index is 882. The molecule has 0 radical (unpaired) electrons. The zero-order chi connectivity index (χ0) is 17.9. The van der Waals surface area contributed by atoms with E-state index in [0.29, 0.717) is 16.8 Å². The number of hydrogen-bond donors (Lipinski definition) is 1. The molecule has 1 aliphatic rings. The van der Waals surface area contributed by atoms with Crippen LogP contribution in [0.3, 0.4) is 0 Å². The molecule has 1 aliphatic heterocycles. The van der Waals surface area contributed by atoms with Gasteiger partial charge in [-0.25, -0.2) is 9.52 Å². The minimum absolute atomic E-state index is 0.0460. The number of aromatic nitrogens is 1. The van der Waals surface area contributed by atoms with E-state index in [4.69, 9.17) is 4.74 Å². The molecule has 25 heavy (non-hydrogen) atoms. The molecule has 3 rings (SSSR count). The maximum absolute atomic E-state index is 12.0. The Morgan fingerprint density at radius 2 is 1.96 bits per heavy atom. The minimum Gasteiger partial charge on any atom is -0.456 e. The third-order valence-corrected chi connectivity index (χ3v) is 4.95. The third-order valence-electron chi connectivity index (χ3n) is 3.53. The lowest BCUT2D eigenvalue weighted by Gasteiger charge is -2.12. The van der Waals surface area contributed by atoms with Crippen LogP contribution in [0, 0.1) is 0 Å². The first-order valence-corrected chi connectivity index (χ1v) is 8.85. The SMILES string of the molecule is O=C1CN(Cc2ccc(C(=O)OCc3ccccn3)cc2)S(=O)(=O)N1. The molecule has 1 aromatic carbocycles. The predicted octanol–water partition coefficient (Wildman–Crippen LogP) is 0.615. The summed E-state index contributed by atoms with van der Waals surface area (Å²) in [7, 11) is -3.76. The Balaban J connectivity index is 1.60. The van der Waals surface area contributed by atoms with E-state index in [2.05, 4.69) is 4.98 Å². The van der Waals surface area contributed by atoms with Crippen molar-refractivity contribution < 1.29 is 22.7 Å². The zero-order valence-electron chi connectivity index (χ0n) is 13.1. The van der Waals surface area contributed by atoms with Crippen LogP contribution in [0.15, 0.2) is 48.7 Å². The first-order chi connectivity index (χ1) is 11.9. The van der Waals surface area contributed by atoms with Gasteiger partial charge in [-0.15, -0.1) is 0 Å². The Kier molecular flexibility index (Phi) is 4.77. The average Bonchev–Trinajstić information content (AvgIpc) is 2.86. The van der Waals surface area contributed by atoms with Crippen molar-refractivity contribution in [1.29, 1.82) is 0 Å². The van der Waals surface area contributed by atoms with Gasteiger partial charge in [0.1, 0.15) is 6.61 Å². The smallest absolute Gasteiger partial charge is 0.338 e. The Morgan fingerprint density at radius 3 is 2.56 bits per heavy atom. The summed E-state index contributed by atoms with van der Waals surface area (Å²) in [5.41, 5.74) is 1.64. The van der Waals surface area contributed by atoms with E-state index in [1.165, 1.54) is 0 Å². The molecule has 1 saturated heterocycles. The van der Waals surface area contributed by atoms with E-state index in [1.807, 2.05) is 4.72 Å². The van der Waals surface area contributed by atoms with Gasteiger partial charge in [0, 0.05) is 12.7 Å². The molecule has 0 saturated carbocycles. The van der Waals surface area contributed by atoms with Crippen LogP contribution in [0.1, 0.15) is 21.6 Å². The van der Waals surface area contributed by atoms with Crippen molar-refractivity contribution in [3.8, 4) is 0 Å². The van der Waals surface area contributed by atoms with Gasteiger partial charge in [-0.2, -0.15) is 12.7 Å². The molecule has 0 spiro atoms. The van der Waals surface area contributed by atoms with Crippen LogP contribution in [0.5, 0.6) is 0 Å². The summed E-state index contributed by atoms with van der Waals surface area (Å²) in [6.45, 7) is -0.0955. The number of nitrogens with one attached hydrogen (secondary N) is 1. The molecule has 1 amide bonds. The maximum atomic E-state index is 12.0. The van der Waals surface area contributed by atoms with Crippen molar-refractivity contribution in [2.24, 2.45) is 0 Å². The highest BCUT2D eigenvalue weighted by molar-refractivity contribution is 7.88. The summed E-state index contributed by atoms with van der Waals surface area (Å²) in [6, 6.07) is 11.7. The van der Waals surface area contributed by atoms with Gasteiger partial charge in [0.05, 0.1) is 17.8 Å². The van der Waals surface area contributed by atoms with E-state index in [-0.39, 0.29) is 19.7 Å². The van der Waals surface area contributed by atoms with Crippen LogP contribution in [0.4, 0.5) is 0 Å². The molecular weight excluding hydrogens is 346 g/mol. The van der Waals surface area contributed by atoms with Crippen molar-refractivity contribution in [2.75, 3.05) is 6.54 Å². The molecule has 9 heteroatoms. The Hall–Kier alpha value is -2.78. The second-order valence-electron chi connectivity index (χ2n) is 5.39. The molecule has 1 fully saturated rings. The van der Waals surface area contributed by atoms with E-state index in [1.54, 1.807) is 48.7 Å². The molecule has 1 N–H and O–H groups in total. The van der Waals surface area contributed by atoms with Crippen molar-refractivity contribution in [1.82, 2.24) is 14.0 Å². The number of carbonyl (C=O) groups is 2. The molecule has 2 heterocycles. The molecular formula is C16H15N3O5S. The molecule has 0 aliphatic carbocycles. The molecule has 0 atom stereocenters. The van der Waals surface area contributed by atoms with Crippen LogP contribution >= 0.6 is 0 Å². The van der Waals surface area contributed by atoms with Gasteiger partial charge in [0.15, 0.2) is 0 Å². The molecule has 0 bridgehead atoms. The summed E-state index contributed by atoms with van der Waals surface area (Å²) in [6.07, 6.45) is 1.62. The van der Waals surface area contributed by atoms with Crippen molar-refractivity contribution in [3.63, 3.8) is 0 Å². The topological polar surface area (TPSA) is 106 Å². The fourth-order valence-corrected chi connectivity index (χ4v) is 3.37. The number of nitrogens with zero attached hydrogens (tertiary/aromatic N) is 2. The standard InChI is InChI=1S/C16H15N3O5S/c20-15-10-19(25(22,23)18-15)9-12-4-6-13(7-5-12)16(21)24-11-14-3-1-2-8-17-14/h1-8H,9-11H2,(H,18,20). The maximum Gasteiger partial charge on any atom is 0.338 e. The predicted molar refractivity (Wildman–Crippen MR) is 87.3 cm³/mol. The van der Waals surface area contributed by atoms with Crippen LogP contribution in [-0.4, -0.2) is 36.1 Å². The summed E-state index contributed by atoms with van der Waals surface area (Å²) in [5, 5.41) is 0. The Morgan fingerprint density at radius 1 is 1.20 bits per heavy atom. The highest BCUT2D eigenvalue weighted by Gasteiger charge is 2.33. The number of esters is 1. The van der Waals surface area contributed by atoms with E-state index in [0.717, 1.165) is 4.31 Å². The molecule has 0 unspecified atom stereocenters. The number of pyridine rings is 1. The van der Waals surface area contributed by atoms with Gasteiger partial charge in [-0.05, 0) is 29.8 Å². The summed E-state index contributed by atoms with van der Waals surface area (Å²) in [5.74, 6) is -1.06. The molecule has 1 aromatic heterocycles. The van der Waals surface area contributed by atoms with Gasteiger partial charge in [0.25, 0.3) is 0 Å². The van der Waals surface area contributed by atoms with Crippen molar-refractivity contribution in [2.45, 2.75) is 13.2 Å². The highest BCUT2D eigenvalue weighted by atomic mass is 32.2. The highest BCUT2D eigenvalue weighted by Crippen LogP contribution is 2.14. The fourth-order valence-electron chi connectivity index (χ4n) is 2.28. The first-order valence-electron chi connectivity index (χ1n) is 7.41. The van der Waals surface area contributed by atoms with E-state index >= 15 is 0 Å². The number of amides is 1. The molecule has 130 valence electrons. The van der Waals surface area contributed by atoms with Crippen molar-refractivity contribution >= 4 is 22.1 Å². The number of carbonyl (C=O) groups excluding carboxylic acids is 2. The number of rotatable bonds is 5. The van der Waals surface area contributed by atoms with Crippen molar-refractivity contribution in [3.05, 3.63) is 65.5 Å². The van der Waals surface area contributed by atoms with Gasteiger partial charge in [-0.3, -0.25) is 9.78 Å². The van der Waals surface area contributed by atoms with Gasteiger partial charge >= 0.3 is 16.2 Å². The summed E-state index contributed by atoms with van der Waals surface area (Å²) < 4.78 is 31.5. The summed E-state index contributed by atoms with van der Waals surface area (Å²) in [4.78, 5) is 27.3. The van der Waals surface area contributed by atoms with Crippen LogP contribution in [-0.2, 0) is 32.9 Å². The van der Waals surface area contributed by atoms with Crippen LogP contribution in [0.2, 0.25) is 0 Å². The Labute approximate surface area is 144 Å². The lowest BCUT2D eigenvalue weighted by atomic mass is 10.1. The monoisotopic (exact) mass is 361 g/mol. The van der Waals surface area contributed by atoms with Gasteiger partial charge in [0.2, 0.25) is 5.91 Å². The normalized spacial score (nSPS) is 16.4. The van der Waals surface area contributed by atoms with Crippen LogP contribution < -0.4 is 4.72 Å². The zero-order valence-corrected chi connectivity index (χ0v) is 13.9. The quantitative estimate of drug-likeness (QED) is 0.783. The molecule has 2 aromatic rings. The average molecular weight is 361 g/mol. The lowest BCUT2D eigenvalue weighted by molar-refractivity contribution is -0.118. The number of hydrogen-bond acceptors (Lipinski definition) is 6. The van der Waals surface area contributed by atoms with E-state index in [9.17, 15) is 18.0 Å². The lowest BCUT2D eigenvalue weighted by Crippen LogP contribution is -2.29. The largest absolute Gasteiger partial charge is 0.456 e. The number of ether oxygens (including phenoxy) is 1. The van der Waals surface area contributed by atoms with E-state index < -0.39 is 22.1 Å². The fraction of sp³-hybridized carbons (Fsp3) is 0.188. The van der Waals surface area contributed by atoms with Gasteiger partial charge in [-0.1, -0.05) is 18.2 Å². The second-order valence-corrected chi connectivity index (χ2v) is 7.06. The third kappa shape index (κ3) is 4.20. The minimum atomic E-state index is -3.76. The molecule has 8 nitrogen and oxygen atoms in total. The number of benzene rings is 1. The summed E-state index contributed by atoms with van der Waals surface area (Å²) >= 11 is 0.